The van der Waals surface area contributed by atoms with Crippen LogP contribution in [0.25, 0.3) is 0 Å². The molecule has 1 aliphatic carbocycles. The van der Waals surface area contributed by atoms with Gasteiger partial charge in [-0.2, -0.15) is 5.26 Å². The van der Waals surface area contributed by atoms with Crippen molar-refractivity contribution >= 4 is 0 Å². The highest BCUT2D eigenvalue weighted by molar-refractivity contribution is 4.93. The molecule has 0 aliphatic heterocycles. The molecule has 0 aromatic heterocycles. The maximum absolute atomic E-state index is 9.23. The lowest BCUT2D eigenvalue weighted by atomic mass is 9.94. The highest BCUT2D eigenvalue weighted by Crippen LogP contribution is 2.23. The second kappa shape index (κ2) is 9.35. The van der Waals surface area contributed by atoms with Crippen LogP contribution in [-0.4, -0.2) is 24.3 Å². The topological polar surface area (TPSA) is 56.0 Å². The van der Waals surface area contributed by atoms with Crippen LogP contribution in [0.2, 0.25) is 0 Å². The summed E-state index contributed by atoms with van der Waals surface area (Å²) in [6.45, 7) is 3.42. The molecule has 0 heterocycles. The lowest BCUT2D eigenvalue weighted by Gasteiger charge is -2.24. The van der Waals surface area contributed by atoms with Crippen molar-refractivity contribution in [3.63, 3.8) is 0 Å². The van der Waals surface area contributed by atoms with E-state index in [0.717, 1.165) is 32.2 Å². The average molecular weight is 252 g/mol. The minimum atomic E-state index is 0.184. The normalized spacial score (nSPS) is 26.3. The molecule has 1 rings (SSSR count). The van der Waals surface area contributed by atoms with Gasteiger partial charge in [0, 0.05) is 12.6 Å². The van der Waals surface area contributed by atoms with Gasteiger partial charge in [-0.3, -0.25) is 0 Å². The van der Waals surface area contributed by atoms with Crippen molar-refractivity contribution in [3.05, 3.63) is 0 Å². The van der Waals surface area contributed by atoms with Gasteiger partial charge in [0.25, 0.3) is 0 Å². The van der Waals surface area contributed by atoms with Crippen LogP contribution in [0.5, 0.6) is 0 Å². The molecule has 0 amide bonds. The quantitative estimate of drug-likeness (QED) is 0.685. The molecule has 1 fully saturated rings. The Morgan fingerprint density at radius 3 is 2.72 bits per heavy atom. The molecule has 0 saturated heterocycles. The number of hydrogen-bond acceptors (Lipinski definition) is 3. The second-order valence-corrected chi connectivity index (χ2v) is 5.56. The van der Waals surface area contributed by atoms with E-state index in [2.05, 4.69) is 18.3 Å². The van der Waals surface area contributed by atoms with E-state index in [1.54, 1.807) is 0 Å². The Kier molecular flexibility index (Phi) is 8.04. The first-order valence-corrected chi connectivity index (χ1v) is 7.55. The summed E-state index contributed by atoms with van der Waals surface area (Å²) in [7, 11) is 0. The Bertz CT molecular complexity index is 243. The van der Waals surface area contributed by atoms with E-state index in [1.165, 1.54) is 25.7 Å². The Balaban J connectivity index is 2.40. The van der Waals surface area contributed by atoms with Crippen molar-refractivity contribution in [1.82, 2.24) is 5.32 Å². The molecule has 3 nitrogen and oxygen atoms in total. The number of aliphatic hydroxyl groups excluding tert-OH is 1. The molecule has 0 radical (unpaired) electrons. The summed E-state index contributed by atoms with van der Waals surface area (Å²) in [4.78, 5) is 0. The first kappa shape index (κ1) is 15.5. The fourth-order valence-corrected chi connectivity index (χ4v) is 2.96. The molecule has 0 bridgehead atoms. The van der Waals surface area contributed by atoms with Gasteiger partial charge in [0.05, 0.1) is 12.0 Å². The summed E-state index contributed by atoms with van der Waals surface area (Å²) in [6, 6.07) is 2.84. The smallest absolute Gasteiger partial charge is 0.0672 e. The third-order valence-electron chi connectivity index (χ3n) is 4.08. The largest absolute Gasteiger partial charge is 0.396 e. The predicted molar refractivity (Wildman–Crippen MR) is 74.1 cm³/mol. The van der Waals surface area contributed by atoms with Gasteiger partial charge >= 0.3 is 0 Å². The lowest BCUT2D eigenvalue weighted by Crippen LogP contribution is -2.38. The van der Waals surface area contributed by atoms with Crippen molar-refractivity contribution in [2.45, 2.75) is 64.3 Å². The van der Waals surface area contributed by atoms with Crippen LogP contribution >= 0.6 is 0 Å². The number of nitrogens with zero attached hydrogens (tertiary/aromatic N) is 1. The van der Waals surface area contributed by atoms with Gasteiger partial charge in [-0.05, 0) is 38.1 Å². The van der Waals surface area contributed by atoms with E-state index in [4.69, 9.17) is 5.11 Å². The summed E-state index contributed by atoms with van der Waals surface area (Å²) < 4.78 is 0. The van der Waals surface area contributed by atoms with Crippen LogP contribution in [0.4, 0.5) is 0 Å². The van der Waals surface area contributed by atoms with E-state index >= 15 is 0 Å². The zero-order valence-electron chi connectivity index (χ0n) is 11.7. The third-order valence-corrected chi connectivity index (χ3v) is 4.08. The summed E-state index contributed by atoms with van der Waals surface area (Å²) in [5, 5.41) is 21.9. The minimum Gasteiger partial charge on any atom is -0.396 e. The van der Waals surface area contributed by atoms with E-state index in [-0.39, 0.29) is 12.5 Å². The van der Waals surface area contributed by atoms with Crippen LogP contribution in [-0.2, 0) is 0 Å². The van der Waals surface area contributed by atoms with Gasteiger partial charge in [-0.15, -0.1) is 0 Å². The molecule has 1 saturated carbocycles. The molecule has 2 N–H and O–H groups in total. The van der Waals surface area contributed by atoms with E-state index in [9.17, 15) is 5.26 Å². The summed E-state index contributed by atoms with van der Waals surface area (Å²) in [5.41, 5.74) is 0. The summed E-state index contributed by atoms with van der Waals surface area (Å²) >= 11 is 0. The number of rotatable bonds is 7. The standard InChI is InChI=1S/C15H28N2O/c1-2-6-13(9-10-18)12-17-15-8-5-3-4-7-14(15)11-16/h13-15,17-18H,2-10,12H2,1H3. The van der Waals surface area contributed by atoms with Crippen molar-refractivity contribution in [1.29, 1.82) is 5.26 Å². The molecule has 3 atom stereocenters. The molecule has 104 valence electrons. The molecular formula is C15H28N2O. The first-order chi connectivity index (χ1) is 8.81. The van der Waals surface area contributed by atoms with Gasteiger partial charge in [-0.1, -0.05) is 32.6 Å². The van der Waals surface area contributed by atoms with Crippen LogP contribution in [0.1, 0.15) is 58.3 Å². The number of nitriles is 1. The van der Waals surface area contributed by atoms with Gasteiger partial charge in [0.15, 0.2) is 0 Å². The average Bonchev–Trinajstić information content (AvgIpc) is 2.61. The van der Waals surface area contributed by atoms with E-state index in [1.807, 2.05) is 0 Å². The zero-order chi connectivity index (χ0) is 13.2. The van der Waals surface area contributed by atoms with Crippen LogP contribution in [0.3, 0.4) is 0 Å². The van der Waals surface area contributed by atoms with Gasteiger partial charge in [0.1, 0.15) is 0 Å². The van der Waals surface area contributed by atoms with Crippen LogP contribution in [0.15, 0.2) is 0 Å². The van der Waals surface area contributed by atoms with Crippen molar-refractivity contribution in [3.8, 4) is 6.07 Å². The summed E-state index contributed by atoms with van der Waals surface area (Å²) in [5.74, 6) is 0.742. The third kappa shape index (κ3) is 5.37. The SMILES string of the molecule is CCCC(CCO)CNC1CCCCCC1C#N. The monoisotopic (exact) mass is 252 g/mol. The maximum Gasteiger partial charge on any atom is 0.0672 e. The predicted octanol–water partition coefficient (Wildman–Crippen LogP) is 2.85. The Morgan fingerprint density at radius 1 is 1.28 bits per heavy atom. The number of hydrogen-bond donors (Lipinski definition) is 2. The number of nitrogens with one attached hydrogen (secondary N) is 1. The van der Waals surface area contributed by atoms with Crippen LogP contribution < -0.4 is 5.32 Å². The highest BCUT2D eigenvalue weighted by Gasteiger charge is 2.23. The van der Waals surface area contributed by atoms with Gasteiger partial charge in [0.2, 0.25) is 0 Å². The zero-order valence-corrected chi connectivity index (χ0v) is 11.7. The molecule has 1 aliphatic rings. The van der Waals surface area contributed by atoms with Crippen molar-refractivity contribution in [2.24, 2.45) is 11.8 Å². The highest BCUT2D eigenvalue weighted by atomic mass is 16.3. The molecule has 0 aromatic rings. The molecule has 3 unspecified atom stereocenters. The Hall–Kier alpha value is -0.590. The fraction of sp³-hybridized carbons (Fsp3) is 0.933. The number of aliphatic hydroxyl groups is 1. The molecule has 0 spiro atoms. The van der Waals surface area contributed by atoms with E-state index < -0.39 is 0 Å². The first-order valence-electron chi connectivity index (χ1n) is 7.55. The van der Waals surface area contributed by atoms with E-state index in [0.29, 0.717) is 12.0 Å². The minimum absolute atomic E-state index is 0.184. The molecule has 3 heteroatoms. The Morgan fingerprint density at radius 2 is 2.06 bits per heavy atom. The lowest BCUT2D eigenvalue weighted by molar-refractivity contribution is 0.241. The van der Waals surface area contributed by atoms with Crippen molar-refractivity contribution < 1.29 is 5.11 Å². The van der Waals surface area contributed by atoms with Gasteiger partial charge in [-0.25, -0.2) is 0 Å². The molecule has 18 heavy (non-hydrogen) atoms. The Labute approximate surface area is 112 Å². The summed E-state index contributed by atoms with van der Waals surface area (Å²) in [6.07, 6.45) is 9.11. The molecular weight excluding hydrogens is 224 g/mol. The fourth-order valence-electron chi connectivity index (χ4n) is 2.96. The van der Waals surface area contributed by atoms with Crippen molar-refractivity contribution in [2.75, 3.05) is 13.2 Å². The van der Waals surface area contributed by atoms with Gasteiger partial charge < -0.3 is 10.4 Å². The molecule has 0 aromatic carbocycles. The maximum atomic E-state index is 9.23. The second-order valence-electron chi connectivity index (χ2n) is 5.56. The van der Waals surface area contributed by atoms with Crippen LogP contribution in [0, 0.1) is 23.2 Å².